The third kappa shape index (κ3) is 4.28. The predicted molar refractivity (Wildman–Crippen MR) is 116 cm³/mol. The van der Waals surface area contributed by atoms with Crippen molar-refractivity contribution in [2.45, 2.75) is 12.6 Å². The Morgan fingerprint density at radius 1 is 0.833 bits per heavy atom. The third-order valence-electron chi connectivity index (χ3n) is 5.05. The molecule has 0 N–H and O–H groups in total. The van der Waals surface area contributed by atoms with E-state index in [-0.39, 0.29) is 11.9 Å². The highest BCUT2D eigenvalue weighted by molar-refractivity contribution is 5.92. The third-order valence-corrected chi connectivity index (χ3v) is 5.05. The van der Waals surface area contributed by atoms with E-state index in [2.05, 4.69) is 0 Å². The molecule has 0 aliphatic rings. The zero-order valence-electron chi connectivity index (χ0n) is 16.8. The average molecular weight is 397 g/mol. The summed E-state index contributed by atoms with van der Waals surface area (Å²) in [5.74, 6) is 0.944. The van der Waals surface area contributed by atoms with Crippen molar-refractivity contribution >= 4 is 5.91 Å². The smallest absolute Gasteiger partial charge is 0.290 e. The second-order valence-electron chi connectivity index (χ2n) is 6.98. The first-order chi connectivity index (χ1) is 14.8. The van der Waals surface area contributed by atoms with Crippen LogP contribution in [0.2, 0.25) is 0 Å². The Morgan fingerprint density at radius 2 is 1.43 bits per heavy atom. The Balaban J connectivity index is 1.79. The van der Waals surface area contributed by atoms with Gasteiger partial charge in [-0.1, -0.05) is 72.8 Å². The Hall–Kier alpha value is -3.79. The number of hydrogen-bond acceptors (Lipinski definition) is 3. The van der Waals surface area contributed by atoms with Gasteiger partial charge in [-0.15, -0.1) is 0 Å². The van der Waals surface area contributed by atoms with Gasteiger partial charge in [0.05, 0.1) is 19.4 Å². The van der Waals surface area contributed by atoms with Crippen molar-refractivity contribution in [3.63, 3.8) is 0 Å². The molecular weight excluding hydrogens is 374 g/mol. The van der Waals surface area contributed by atoms with Crippen LogP contribution in [0.25, 0.3) is 0 Å². The van der Waals surface area contributed by atoms with Gasteiger partial charge in [0.25, 0.3) is 5.91 Å². The van der Waals surface area contributed by atoms with Gasteiger partial charge in [-0.25, -0.2) is 0 Å². The lowest BCUT2D eigenvalue weighted by Crippen LogP contribution is -2.35. The number of carbonyl (C=O) groups excluding carboxylic acids is 1. The fraction of sp³-hybridized carbons (Fsp3) is 0.115. The van der Waals surface area contributed by atoms with Crippen molar-refractivity contribution in [2.75, 3.05) is 7.11 Å². The number of nitrogens with zero attached hydrogens (tertiary/aromatic N) is 1. The Morgan fingerprint density at radius 3 is 1.93 bits per heavy atom. The number of methoxy groups -OCH3 is 1. The van der Waals surface area contributed by atoms with E-state index in [1.165, 1.54) is 6.26 Å². The molecule has 0 unspecified atom stereocenters. The van der Waals surface area contributed by atoms with Crippen LogP contribution in [0, 0.1) is 0 Å². The molecule has 0 atom stereocenters. The van der Waals surface area contributed by atoms with Gasteiger partial charge in [-0.05, 0) is 41.0 Å². The molecule has 0 saturated heterocycles. The minimum absolute atomic E-state index is 0.159. The zero-order chi connectivity index (χ0) is 20.8. The summed E-state index contributed by atoms with van der Waals surface area (Å²) in [6.45, 7) is 0.429. The summed E-state index contributed by atoms with van der Waals surface area (Å²) in [6.07, 6.45) is 1.53. The second-order valence-corrected chi connectivity index (χ2v) is 6.98. The largest absolute Gasteiger partial charge is 0.497 e. The van der Waals surface area contributed by atoms with E-state index < -0.39 is 0 Å². The van der Waals surface area contributed by atoms with Crippen LogP contribution >= 0.6 is 0 Å². The van der Waals surface area contributed by atoms with Gasteiger partial charge in [-0.2, -0.15) is 0 Å². The molecule has 1 aromatic heterocycles. The molecule has 1 heterocycles. The summed E-state index contributed by atoms with van der Waals surface area (Å²) in [6, 6.07) is 31.1. The van der Waals surface area contributed by atoms with Gasteiger partial charge in [-0.3, -0.25) is 4.79 Å². The number of furan rings is 1. The van der Waals surface area contributed by atoms with Gasteiger partial charge in [0.15, 0.2) is 5.76 Å². The summed E-state index contributed by atoms with van der Waals surface area (Å²) in [4.78, 5) is 15.4. The molecule has 150 valence electrons. The minimum Gasteiger partial charge on any atom is -0.497 e. The van der Waals surface area contributed by atoms with E-state index in [0.717, 1.165) is 22.4 Å². The van der Waals surface area contributed by atoms with Gasteiger partial charge < -0.3 is 14.1 Å². The molecule has 0 aliphatic heterocycles. The lowest BCUT2D eigenvalue weighted by Gasteiger charge is -2.32. The van der Waals surface area contributed by atoms with E-state index in [4.69, 9.17) is 9.15 Å². The minimum atomic E-state index is -0.257. The van der Waals surface area contributed by atoms with Crippen LogP contribution in [0.1, 0.15) is 33.3 Å². The molecule has 1 amide bonds. The first-order valence-electron chi connectivity index (χ1n) is 9.83. The van der Waals surface area contributed by atoms with Crippen molar-refractivity contribution in [1.29, 1.82) is 0 Å². The maximum Gasteiger partial charge on any atom is 0.290 e. The maximum atomic E-state index is 13.5. The molecule has 4 aromatic rings. The fourth-order valence-electron chi connectivity index (χ4n) is 3.57. The number of carbonyl (C=O) groups is 1. The zero-order valence-corrected chi connectivity index (χ0v) is 16.8. The van der Waals surface area contributed by atoms with E-state index in [1.807, 2.05) is 89.8 Å². The Bertz CT molecular complexity index is 1020. The topological polar surface area (TPSA) is 42.7 Å². The molecular formula is C26H23NO3. The van der Waals surface area contributed by atoms with Crippen molar-refractivity contribution < 1.29 is 13.9 Å². The van der Waals surface area contributed by atoms with E-state index >= 15 is 0 Å². The number of amides is 1. The fourth-order valence-corrected chi connectivity index (χ4v) is 3.57. The summed E-state index contributed by atoms with van der Waals surface area (Å²) in [7, 11) is 1.64. The summed E-state index contributed by atoms with van der Waals surface area (Å²) in [5, 5.41) is 0. The monoisotopic (exact) mass is 397 g/mol. The molecule has 4 nitrogen and oxygen atoms in total. The number of benzene rings is 3. The van der Waals surface area contributed by atoms with Crippen molar-refractivity contribution in [3.05, 3.63) is 126 Å². The molecule has 0 spiro atoms. The SMILES string of the molecule is COc1ccc(CN(C(=O)c2ccco2)C(c2ccccc2)c2ccccc2)cc1. The molecule has 4 rings (SSSR count). The van der Waals surface area contributed by atoms with Gasteiger partial charge >= 0.3 is 0 Å². The lowest BCUT2D eigenvalue weighted by molar-refractivity contribution is 0.0658. The van der Waals surface area contributed by atoms with E-state index in [1.54, 1.807) is 19.2 Å². The standard InChI is InChI=1S/C26H23NO3/c1-29-23-16-14-20(15-17-23)19-27(26(28)24-13-8-18-30-24)25(21-9-4-2-5-10-21)22-11-6-3-7-12-22/h2-18,25H,19H2,1H3. The van der Waals surface area contributed by atoms with E-state index in [0.29, 0.717) is 12.3 Å². The number of hydrogen-bond donors (Lipinski definition) is 0. The van der Waals surface area contributed by atoms with Crippen LogP contribution < -0.4 is 4.74 Å². The van der Waals surface area contributed by atoms with Gasteiger partial charge in [0, 0.05) is 6.54 Å². The Kier molecular flexibility index (Phi) is 5.95. The first kappa shape index (κ1) is 19.5. The highest BCUT2D eigenvalue weighted by Crippen LogP contribution is 2.32. The molecule has 0 aliphatic carbocycles. The van der Waals surface area contributed by atoms with Crippen molar-refractivity contribution in [3.8, 4) is 5.75 Å². The normalized spacial score (nSPS) is 10.7. The Labute approximate surface area is 176 Å². The van der Waals surface area contributed by atoms with Crippen LogP contribution in [0.4, 0.5) is 0 Å². The highest BCUT2D eigenvalue weighted by atomic mass is 16.5. The summed E-state index contributed by atoms with van der Waals surface area (Å²) in [5.41, 5.74) is 3.09. The molecule has 0 saturated carbocycles. The highest BCUT2D eigenvalue weighted by Gasteiger charge is 2.29. The predicted octanol–water partition coefficient (Wildman–Crippen LogP) is 5.72. The first-order valence-corrected chi connectivity index (χ1v) is 9.83. The van der Waals surface area contributed by atoms with Crippen LogP contribution in [-0.2, 0) is 6.54 Å². The van der Waals surface area contributed by atoms with Crippen LogP contribution in [0.5, 0.6) is 5.75 Å². The van der Waals surface area contributed by atoms with Crippen LogP contribution in [-0.4, -0.2) is 17.9 Å². The number of rotatable bonds is 7. The van der Waals surface area contributed by atoms with Gasteiger partial charge in [0.2, 0.25) is 0 Å². The molecule has 0 fully saturated rings. The van der Waals surface area contributed by atoms with Crippen molar-refractivity contribution in [1.82, 2.24) is 4.90 Å². The molecule has 30 heavy (non-hydrogen) atoms. The van der Waals surface area contributed by atoms with Crippen LogP contribution in [0.15, 0.2) is 108 Å². The molecule has 0 bridgehead atoms. The van der Waals surface area contributed by atoms with Gasteiger partial charge in [0.1, 0.15) is 5.75 Å². The second kappa shape index (κ2) is 9.14. The summed E-state index contributed by atoms with van der Waals surface area (Å²) < 4.78 is 10.7. The summed E-state index contributed by atoms with van der Waals surface area (Å²) >= 11 is 0. The molecule has 3 aromatic carbocycles. The lowest BCUT2D eigenvalue weighted by atomic mass is 9.96. The average Bonchev–Trinajstić information content (AvgIpc) is 3.35. The number of ether oxygens (including phenoxy) is 1. The maximum absolute atomic E-state index is 13.5. The quantitative estimate of drug-likeness (QED) is 0.400. The van der Waals surface area contributed by atoms with Crippen molar-refractivity contribution in [2.24, 2.45) is 0 Å². The van der Waals surface area contributed by atoms with Crippen LogP contribution in [0.3, 0.4) is 0 Å². The van der Waals surface area contributed by atoms with E-state index in [9.17, 15) is 4.79 Å². The molecule has 0 radical (unpaired) electrons. The molecule has 4 heteroatoms.